The lowest BCUT2D eigenvalue weighted by atomic mass is 10.0. The van der Waals surface area contributed by atoms with Gasteiger partial charge in [0.15, 0.2) is 5.69 Å². The Kier molecular flexibility index (Phi) is 4.44. The van der Waals surface area contributed by atoms with Crippen molar-refractivity contribution in [3.8, 4) is 0 Å². The Morgan fingerprint density at radius 2 is 1.81 bits per heavy atom. The average molecular weight is 347 g/mol. The van der Waals surface area contributed by atoms with E-state index in [-0.39, 0.29) is 12.0 Å². The molecule has 2 heterocycles. The van der Waals surface area contributed by atoms with Crippen molar-refractivity contribution in [2.75, 3.05) is 11.5 Å². The Balaban J connectivity index is 1.72. The maximum Gasteiger partial charge on any atom is 0.358 e. The summed E-state index contributed by atoms with van der Waals surface area (Å²) in [5, 5.41) is 0. The number of hydrogen-bond acceptors (Lipinski definition) is 4. The van der Waals surface area contributed by atoms with Crippen molar-refractivity contribution in [1.29, 1.82) is 0 Å². The predicted octanol–water partition coefficient (Wildman–Crippen LogP) is 3.82. The second-order valence-electron chi connectivity index (χ2n) is 6.31. The molecule has 3 aromatic rings. The van der Waals surface area contributed by atoms with Crippen LogP contribution in [-0.2, 0) is 17.8 Å². The fraction of sp³-hybridized carbons (Fsp3) is 0.238. The highest BCUT2D eigenvalue weighted by atomic mass is 16.5. The molecule has 0 spiro atoms. The van der Waals surface area contributed by atoms with E-state index in [9.17, 15) is 4.79 Å². The molecule has 5 nitrogen and oxygen atoms in total. The van der Waals surface area contributed by atoms with E-state index < -0.39 is 0 Å². The second-order valence-corrected chi connectivity index (χ2v) is 6.31. The minimum atomic E-state index is -0.364. The second kappa shape index (κ2) is 7.04. The zero-order valence-corrected chi connectivity index (χ0v) is 14.7. The van der Waals surface area contributed by atoms with Gasteiger partial charge in [0, 0.05) is 18.4 Å². The standard InChI is InChI=1S/C21H21N3O2/c1-2-26-21(25)18-13-23-14-19(16-9-5-3-6-10-16)24(15-20(23)22-18)17-11-7-4-8-12-17/h3-13,19H,2,14-15H2,1H3. The van der Waals surface area contributed by atoms with Crippen molar-refractivity contribution in [2.45, 2.75) is 26.1 Å². The molecule has 5 heteroatoms. The quantitative estimate of drug-likeness (QED) is 0.673. The van der Waals surface area contributed by atoms with Gasteiger partial charge in [0.1, 0.15) is 5.82 Å². The molecule has 0 radical (unpaired) electrons. The summed E-state index contributed by atoms with van der Waals surface area (Å²) in [4.78, 5) is 18.9. The molecule has 2 aromatic carbocycles. The van der Waals surface area contributed by atoms with Crippen LogP contribution >= 0.6 is 0 Å². The van der Waals surface area contributed by atoms with Gasteiger partial charge in [-0.2, -0.15) is 0 Å². The van der Waals surface area contributed by atoms with E-state index in [2.05, 4.69) is 50.8 Å². The highest BCUT2D eigenvalue weighted by Crippen LogP contribution is 2.34. The number of benzene rings is 2. The molecule has 26 heavy (non-hydrogen) atoms. The molecule has 0 amide bonds. The Morgan fingerprint density at radius 3 is 2.50 bits per heavy atom. The van der Waals surface area contributed by atoms with Crippen LogP contribution in [0.15, 0.2) is 66.9 Å². The van der Waals surface area contributed by atoms with Crippen LogP contribution in [-0.4, -0.2) is 22.1 Å². The van der Waals surface area contributed by atoms with Gasteiger partial charge in [-0.1, -0.05) is 48.5 Å². The first-order valence-electron chi connectivity index (χ1n) is 8.86. The molecule has 1 aromatic heterocycles. The lowest BCUT2D eigenvalue weighted by Gasteiger charge is -2.38. The lowest BCUT2D eigenvalue weighted by molar-refractivity contribution is 0.0520. The first kappa shape index (κ1) is 16.4. The smallest absolute Gasteiger partial charge is 0.358 e. The molecular formula is C21H21N3O2. The average Bonchev–Trinajstić information content (AvgIpc) is 3.12. The molecule has 132 valence electrons. The zero-order valence-electron chi connectivity index (χ0n) is 14.7. The van der Waals surface area contributed by atoms with Gasteiger partial charge in [-0.15, -0.1) is 0 Å². The molecule has 0 saturated heterocycles. The van der Waals surface area contributed by atoms with Crippen molar-refractivity contribution in [3.63, 3.8) is 0 Å². The van der Waals surface area contributed by atoms with Crippen LogP contribution < -0.4 is 4.90 Å². The maximum atomic E-state index is 12.1. The van der Waals surface area contributed by atoms with Crippen LogP contribution in [0.5, 0.6) is 0 Å². The maximum absolute atomic E-state index is 12.1. The van der Waals surface area contributed by atoms with E-state index in [4.69, 9.17) is 4.74 Å². The number of carbonyl (C=O) groups is 1. The third-order valence-corrected chi connectivity index (χ3v) is 4.67. The summed E-state index contributed by atoms with van der Waals surface area (Å²) in [6.07, 6.45) is 1.81. The van der Waals surface area contributed by atoms with Gasteiger partial charge in [0.25, 0.3) is 0 Å². The number of imidazole rings is 1. The largest absolute Gasteiger partial charge is 0.461 e. The van der Waals surface area contributed by atoms with Crippen LogP contribution in [0.3, 0.4) is 0 Å². The number of ether oxygens (including phenoxy) is 1. The van der Waals surface area contributed by atoms with E-state index in [0.29, 0.717) is 18.8 Å². The van der Waals surface area contributed by atoms with Gasteiger partial charge in [-0.3, -0.25) is 0 Å². The number of fused-ring (bicyclic) bond motifs is 1. The molecule has 1 aliphatic heterocycles. The third-order valence-electron chi connectivity index (χ3n) is 4.67. The van der Waals surface area contributed by atoms with E-state index in [1.165, 1.54) is 5.56 Å². The number of nitrogens with zero attached hydrogens (tertiary/aromatic N) is 3. The molecule has 0 aliphatic carbocycles. The van der Waals surface area contributed by atoms with Gasteiger partial charge in [0.2, 0.25) is 0 Å². The van der Waals surface area contributed by atoms with E-state index in [1.807, 2.05) is 30.5 Å². The zero-order chi connectivity index (χ0) is 17.9. The van der Waals surface area contributed by atoms with Crippen molar-refractivity contribution in [2.24, 2.45) is 0 Å². The van der Waals surface area contributed by atoms with E-state index in [0.717, 1.165) is 18.1 Å². The Labute approximate surface area is 152 Å². The van der Waals surface area contributed by atoms with Crippen LogP contribution in [0.25, 0.3) is 0 Å². The normalized spacial score (nSPS) is 16.2. The monoisotopic (exact) mass is 347 g/mol. The van der Waals surface area contributed by atoms with Gasteiger partial charge in [-0.05, 0) is 24.6 Å². The van der Waals surface area contributed by atoms with Gasteiger partial charge >= 0.3 is 5.97 Å². The first-order chi connectivity index (χ1) is 12.8. The number of anilines is 1. The van der Waals surface area contributed by atoms with E-state index >= 15 is 0 Å². The number of esters is 1. The van der Waals surface area contributed by atoms with Crippen molar-refractivity contribution < 1.29 is 9.53 Å². The van der Waals surface area contributed by atoms with Gasteiger partial charge < -0.3 is 14.2 Å². The summed E-state index contributed by atoms with van der Waals surface area (Å²) in [5.41, 5.74) is 2.77. The van der Waals surface area contributed by atoms with Crippen molar-refractivity contribution >= 4 is 11.7 Å². The molecule has 0 bridgehead atoms. The lowest BCUT2D eigenvalue weighted by Crippen LogP contribution is -2.37. The molecule has 1 atom stereocenters. The predicted molar refractivity (Wildman–Crippen MR) is 100.0 cm³/mol. The van der Waals surface area contributed by atoms with Crippen molar-refractivity contribution in [3.05, 3.63) is 83.9 Å². The number of hydrogen-bond donors (Lipinski definition) is 0. The first-order valence-corrected chi connectivity index (χ1v) is 8.86. The van der Waals surface area contributed by atoms with Crippen LogP contribution in [0.2, 0.25) is 0 Å². The number of aromatic nitrogens is 2. The summed E-state index contributed by atoms with van der Waals surface area (Å²) >= 11 is 0. The Morgan fingerprint density at radius 1 is 1.12 bits per heavy atom. The molecule has 4 rings (SSSR count). The summed E-state index contributed by atoms with van der Waals surface area (Å²) in [7, 11) is 0. The molecule has 0 fully saturated rings. The fourth-order valence-electron chi connectivity index (χ4n) is 3.44. The topological polar surface area (TPSA) is 47.4 Å². The Bertz CT molecular complexity index is 825. The van der Waals surface area contributed by atoms with Crippen LogP contribution in [0.1, 0.15) is 34.8 Å². The highest BCUT2D eigenvalue weighted by molar-refractivity contribution is 5.87. The summed E-state index contributed by atoms with van der Waals surface area (Å²) in [6.45, 7) is 3.53. The third kappa shape index (κ3) is 3.08. The number of carbonyl (C=O) groups excluding carboxylic acids is 1. The van der Waals surface area contributed by atoms with E-state index in [1.54, 1.807) is 6.92 Å². The molecular weight excluding hydrogens is 326 g/mol. The molecule has 1 unspecified atom stereocenters. The number of rotatable bonds is 4. The molecule has 1 aliphatic rings. The molecule has 0 saturated carbocycles. The Hall–Kier alpha value is -3.08. The highest BCUT2D eigenvalue weighted by Gasteiger charge is 2.30. The van der Waals surface area contributed by atoms with Crippen molar-refractivity contribution in [1.82, 2.24) is 9.55 Å². The summed E-state index contributed by atoms with van der Waals surface area (Å²) in [5.74, 6) is 0.515. The summed E-state index contributed by atoms with van der Waals surface area (Å²) in [6, 6.07) is 21.0. The number of para-hydroxylation sites is 1. The summed E-state index contributed by atoms with van der Waals surface area (Å²) < 4.78 is 7.17. The fourth-order valence-corrected chi connectivity index (χ4v) is 3.44. The minimum Gasteiger partial charge on any atom is -0.461 e. The van der Waals surface area contributed by atoms with Crippen LogP contribution in [0, 0.1) is 0 Å². The molecule has 0 N–H and O–H groups in total. The minimum absolute atomic E-state index is 0.176. The van der Waals surface area contributed by atoms with Crippen LogP contribution in [0.4, 0.5) is 5.69 Å². The SMILES string of the molecule is CCOC(=O)c1cn2c(n1)CN(c1ccccc1)C(c1ccccc1)C2. The van der Waals surface area contributed by atoms with Gasteiger partial charge in [-0.25, -0.2) is 9.78 Å². The van der Waals surface area contributed by atoms with Gasteiger partial charge in [0.05, 0.1) is 19.2 Å².